The Morgan fingerprint density at radius 1 is 1.03 bits per heavy atom. The SMILES string of the molecule is COc1ccc(C(C)(C)CN=C(N)N2CCN(C(=O)OC(C)(C)C)CC2)cc1.I. The molecule has 0 aliphatic carbocycles. The van der Waals surface area contributed by atoms with Crippen molar-refractivity contribution < 1.29 is 14.3 Å². The van der Waals surface area contributed by atoms with Crippen LogP contribution in [-0.2, 0) is 10.2 Å². The second-order valence-electron chi connectivity index (χ2n) is 8.74. The molecule has 1 aromatic rings. The summed E-state index contributed by atoms with van der Waals surface area (Å²) in [5, 5.41) is 0. The number of hydrogen-bond acceptors (Lipinski definition) is 4. The summed E-state index contributed by atoms with van der Waals surface area (Å²) in [4.78, 5) is 20.5. The van der Waals surface area contributed by atoms with E-state index >= 15 is 0 Å². The zero-order valence-electron chi connectivity index (χ0n) is 18.4. The molecular formula is C21H35IN4O3. The molecule has 0 aromatic heterocycles. The zero-order chi connectivity index (χ0) is 20.9. The van der Waals surface area contributed by atoms with E-state index in [2.05, 4.69) is 31.0 Å². The first-order chi connectivity index (χ1) is 13.0. The van der Waals surface area contributed by atoms with Gasteiger partial charge in [-0.2, -0.15) is 0 Å². The molecular weight excluding hydrogens is 483 g/mol. The van der Waals surface area contributed by atoms with Crippen molar-refractivity contribution in [1.29, 1.82) is 0 Å². The summed E-state index contributed by atoms with van der Waals surface area (Å²) in [7, 11) is 1.66. The first-order valence-corrected chi connectivity index (χ1v) is 9.69. The predicted octanol–water partition coefficient (Wildman–Crippen LogP) is 3.46. The van der Waals surface area contributed by atoms with E-state index in [4.69, 9.17) is 15.2 Å². The minimum Gasteiger partial charge on any atom is -0.497 e. The van der Waals surface area contributed by atoms with Crippen LogP contribution in [0.4, 0.5) is 4.79 Å². The maximum atomic E-state index is 12.2. The molecule has 0 unspecified atom stereocenters. The standard InChI is InChI=1S/C21H34N4O3.HI/c1-20(2,3)28-19(26)25-13-11-24(12-14-25)18(22)23-15-21(4,5)16-7-9-17(27-6)10-8-16;/h7-10H,11-15H2,1-6H3,(H2,22,23);1H. The van der Waals surface area contributed by atoms with Crippen LogP contribution < -0.4 is 10.5 Å². The van der Waals surface area contributed by atoms with E-state index in [1.165, 1.54) is 5.56 Å². The van der Waals surface area contributed by atoms with Crippen molar-refractivity contribution in [3.63, 3.8) is 0 Å². The van der Waals surface area contributed by atoms with Gasteiger partial charge in [-0.15, -0.1) is 24.0 Å². The lowest BCUT2D eigenvalue weighted by Crippen LogP contribution is -2.53. The highest BCUT2D eigenvalue weighted by molar-refractivity contribution is 14.0. The summed E-state index contributed by atoms with van der Waals surface area (Å²) in [6.07, 6.45) is -0.275. The Balaban J connectivity index is 0.00000420. The summed E-state index contributed by atoms with van der Waals surface area (Å²) in [6, 6.07) is 8.04. The number of carbonyl (C=O) groups excluding carboxylic acids is 1. The van der Waals surface area contributed by atoms with Crippen molar-refractivity contribution in [3.05, 3.63) is 29.8 Å². The predicted molar refractivity (Wildman–Crippen MR) is 127 cm³/mol. The van der Waals surface area contributed by atoms with Crippen LogP contribution in [0.2, 0.25) is 0 Å². The smallest absolute Gasteiger partial charge is 0.410 e. The molecule has 0 saturated carbocycles. The first-order valence-electron chi connectivity index (χ1n) is 9.69. The van der Waals surface area contributed by atoms with Crippen LogP contribution in [0.3, 0.4) is 0 Å². The summed E-state index contributed by atoms with van der Waals surface area (Å²) >= 11 is 0. The van der Waals surface area contributed by atoms with Gasteiger partial charge in [-0.25, -0.2) is 4.79 Å². The van der Waals surface area contributed by atoms with Crippen LogP contribution in [0.1, 0.15) is 40.2 Å². The van der Waals surface area contributed by atoms with Crippen molar-refractivity contribution >= 4 is 36.0 Å². The van der Waals surface area contributed by atoms with Gasteiger partial charge in [0.15, 0.2) is 5.96 Å². The number of hydrogen-bond donors (Lipinski definition) is 1. The van der Waals surface area contributed by atoms with E-state index in [-0.39, 0.29) is 35.5 Å². The minimum absolute atomic E-state index is 0. The molecule has 2 rings (SSSR count). The lowest BCUT2D eigenvalue weighted by molar-refractivity contribution is 0.0186. The number of rotatable bonds is 4. The van der Waals surface area contributed by atoms with Crippen LogP contribution in [-0.4, -0.2) is 67.3 Å². The highest BCUT2D eigenvalue weighted by Crippen LogP contribution is 2.25. The molecule has 0 atom stereocenters. The van der Waals surface area contributed by atoms with Crippen molar-refractivity contribution in [2.75, 3.05) is 39.8 Å². The topological polar surface area (TPSA) is 80.4 Å². The average molecular weight is 518 g/mol. The van der Waals surface area contributed by atoms with Gasteiger partial charge in [-0.3, -0.25) is 4.99 Å². The summed E-state index contributed by atoms with van der Waals surface area (Å²) < 4.78 is 10.6. The summed E-state index contributed by atoms with van der Waals surface area (Å²) in [5.41, 5.74) is 6.78. The number of benzene rings is 1. The van der Waals surface area contributed by atoms with Gasteiger partial charge >= 0.3 is 6.09 Å². The van der Waals surface area contributed by atoms with Crippen LogP contribution in [0, 0.1) is 0 Å². The monoisotopic (exact) mass is 518 g/mol. The molecule has 2 N–H and O–H groups in total. The number of carbonyl (C=O) groups is 1. The second kappa shape index (κ2) is 10.4. The van der Waals surface area contributed by atoms with E-state index in [0.29, 0.717) is 38.7 Å². The number of nitrogens with zero attached hydrogens (tertiary/aromatic N) is 3. The normalized spacial score (nSPS) is 15.6. The quantitative estimate of drug-likeness (QED) is 0.375. The van der Waals surface area contributed by atoms with Gasteiger partial charge in [0, 0.05) is 31.6 Å². The van der Waals surface area contributed by atoms with Gasteiger partial charge in [0.05, 0.1) is 13.7 Å². The third-order valence-electron chi connectivity index (χ3n) is 4.76. The second-order valence-corrected chi connectivity index (χ2v) is 8.74. The first kappa shape index (κ1) is 25.3. The van der Waals surface area contributed by atoms with Crippen molar-refractivity contribution in [3.8, 4) is 5.75 Å². The van der Waals surface area contributed by atoms with Crippen LogP contribution >= 0.6 is 24.0 Å². The lowest BCUT2D eigenvalue weighted by atomic mass is 9.85. The zero-order valence-corrected chi connectivity index (χ0v) is 20.7. The largest absolute Gasteiger partial charge is 0.497 e. The van der Waals surface area contributed by atoms with E-state index in [1.54, 1.807) is 12.0 Å². The van der Waals surface area contributed by atoms with Gasteiger partial charge in [0.1, 0.15) is 11.4 Å². The average Bonchev–Trinajstić information content (AvgIpc) is 2.65. The fraction of sp³-hybridized carbons (Fsp3) is 0.619. The minimum atomic E-state index is -0.484. The van der Waals surface area contributed by atoms with Gasteiger partial charge in [-0.1, -0.05) is 26.0 Å². The Hall–Kier alpha value is -1.71. The maximum Gasteiger partial charge on any atom is 0.410 e. The Kier molecular flexibility index (Phi) is 9.05. The van der Waals surface area contributed by atoms with Crippen molar-refractivity contribution in [2.24, 2.45) is 10.7 Å². The molecule has 1 aliphatic rings. The third kappa shape index (κ3) is 7.56. The van der Waals surface area contributed by atoms with E-state index in [9.17, 15) is 4.79 Å². The molecule has 7 nitrogen and oxygen atoms in total. The molecule has 1 aromatic carbocycles. The third-order valence-corrected chi connectivity index (χ3v) is 4.76. The summed E-state index contributed by atoms with van der Waals surface area (Å²) in [6.45, 7) is 12.9. The number of nitrogens with two attached hydrogens (primary N) is 1. The molecule has 1 amide bonds. The lowest BCUT2D eigenvalue weighted by Gasteiger charge is -2.36. The molecule has 0 bridgehead atoms. The Morgan fingerprint density at radius 2 is 1.55 bits per heavy atom. The molecule has 1 aliphatic heterocycles. The number of halogens is 1. The van der Waals surface area contributed by atoms with E-state index in [1.807, 2.05) is 37.8 Å². The van der Waals surface area contributed by atoms with Crippen LogP contribution in [0.15, 0.2) is 29.3 Å². The molecule has 29 heavy (non-hydrogen) atoms. The Bertz CT molecular complexity index is 691. The van der Waals surface area contributed by atoms with Crippen LogP contribution in [0.25, 0.3) is 0 Å². The van der Waals surface area contributed by atoms with Gasteiger partial charge < -0.3 is 25.0 Å². The Labute approximate surface area is 191 Å². The van der Waals surface area contributed by atoms with Gasteiger partial charge in [0.2, 0.25) is 0 Å². The molecule has 164 valence electrons. The highest BCUT2D eigenvalue weighted by Gasteiger charge is 2.27. The molecule has 1 saturated heterocycles. The van der Waals surface area contributed by atoms with Gasteiger partial charge in [-0.05, 0) is 38.5 Å². The maximum absolute atomic E-state index is 12.2. The number of piperazine rings is 1. The molecule has 8 heteroatoms. The number of ether oxygens (including phenoxy) is 2. The van der Waals surface area contributed by atoms with E-state index in [0.717, 1.165) is 5.75 Å². The number of guanidine groups is 1. The highest BCUT2D eigenvalue weighted by atomic mass is 127. The molecule has 0 radical (unpaired) electrons. The van der Waals surface area contributed by atoms with Crippen molar-refractivity contribution in [1.82, 2.24) is 9.80 Å². The molecule has 0 spiro atoms. The fourth-order valence-corrected chi connectivity index (χ4v) is 2.96. The van der Waals surface area contributed by atoms with E-state index < -0.39 is 5.60 Å². The summed E-state index contributed by atoms with van der Waals surface area (Å²) in [5.74, 6) is 1.36. The van der Waals surface area contributed by atoms with Crippen molar-refractivity contribution in [2.45, 2.75) is 45.6 Å². The molecule has 1 fully saturated rings. The Morgan fingerprint density at radius 3 is 2.03 bits per heavy atom. The molecule has 1 heterocycles. The van der Waals surface area contributed by atoms with Gasteiger partial charge in [0.25, 0.3) is 0 Å². The fourth-order valence-electron chi connectivity index (χ4n) is 2.96. The number of methoxy groups -OCH3 is 1. The number of aliphatic imine (C=N–C) groups is 1. The van der Waals surface area contributed by atoms with Crippen LogP contribution in [0.5, 0.6) is 5.75 Å². The number of amides is 1.